The number of ketones is 1. The molecule has 0 aromatic heterocycles. The average Bonchev–Trinajstić information content (AvgIpc) is 2.14. The molecule has 0 amide bonds. The molecule has 0 saturated carbocycles. The predicted molar refractivity (Wildman–Crippen MR) is 45.0 cm³/mol. The Morgan fingerprint density at radius 3 is 2.23 bits per heavy atom. The zero-order valence-electron chi connectivity index (χ0n) is 7.77. The number of aliphatic hydroxyl groups excluding tert-OH is 3. The van der Waals surface area contributed by atoms with E-state index in [4.69, 9.17) is 10.2 Å². The van der Waals surface area contributed by atoms with Crippen molar-refractivity contribution in [3.05, 3.63) is 0 Å². The van der Waals surface area contributed by atoms with E-state index in [0.717, 1.165) is 0 Å². The molecule has 0 saturated heterocycles. The van der Waals surface area contributed by atoms with E-state index in [0.29, 0.717) is 0 Å². The van der Waals surface area contributed by atoms with E-state index < -0.39 is 30.2 Å². The standard InChI is InChI=1S/C8H16O5/c1-3-8(2,13)7(12)6(11)5(10)4-9/h5,7,9-10,12-13H,3-4H2,1-2H3/t5-,7+,8-/m0/s1. The van der Waals surface area contributed by atoms with E-state index >= 15 is 0 Å². The first-order valence-electron chi connectivity index (χ1n) is 4.10. The van der Waals surface area contributed by atoms with Crippen LogP contribution in [0.2, 0.25) is 0 Å². The molecular formula is C8H16O5. The number of Topliss-reactive ketones (excluding diaryl/α,β-unsaturated/α-hetero) is 1. The van der Waals surface area contributed by atoms with Crippen LogP contribution in [0.4, 0.5) is 0 Å². The van der Waals surface area contributed by atoms with E-state index in [1.54, 1.807) is 6.92 Å². The lowest BCUT2D eigenvalue weighted by Crippen LogP contribution is -2.48. The molecule has 0 fully saturated rings. The lowest BCUT2D eigenvalue weighted by molar-refractivity contribution is -0.151. The molecule has 0 rings (SSSR count). The first kappa shape index (κ1) is 12.5. The Labute approximate surface area is 76.6 Å². The molecule has 0 aliphatic heterocycles. The fourth-order valence-corrected chi connectivity index (χ4v) is 0.772. The van der Waals surface area contributed by atoms with E-state index in [-0.39, 0.29) is 6.42 Å². The molecule has 13 heavy (non-hydrogen) atoms. The van der Waals surface area contributed by atoms with Crippen molar-refractivity contribution in [2.75, 3.05) is 6.61 Å². The molecule has 0 aliphatic carbocycles. The van der Waals surface area contributed by atoms with Crippen LogP contribution in [0.25, 0.3) is 0 Å². The third-order valence-electron chi connectivity index (χ3n) is 2.08. The van der Waals surface area contributed by atoms with Gasteiger partial charge in [0.2, 0.25) is 0 Å². The van der Waals surface area contributed by atoms with Crippen LogP contribution in [0, 0.1) is 0 Å². The Hall–Kier alpha value is -0.490. The zero-order chi connectivity index (χ0) is 10.6. The molecule has 78 valence electrons. The summed E-state index contributed by atoms with van der Waals surface area (Å²) in [4.78, 5) is 11.1. The number of aliphatic hydroxyl groups is 4. The van der Waals surface area contributed by atoms with E-state index in [1.165, 1.54) is 6.92 Å². The maximum atomic E-state index is 11.1. The summed E-state index contributed by atoms with van der Waals surface area (Å²) in [5.74, 6) is -0.964. The Bertz CT molecular complexity index is 177. The van der Waals surface area contributed by atoms with Gasteiger partial charge in [-0.25, -0.2) is 0 Å². The molecule has 5 nitrogen and oxygen atoms in total. The third kappa shape index (κ3) is 3.04. The molecule has 0 aromatic rings. The van der Waals surface area contributed by atoms with E-state index in [2.05, 4.69) is 0 Å². The fraction of sp³-hybridized carbons (Fsp3) is 0.875. The third-order valence-corrected chi connectivity index (χ3v) is 2.08. The summed E-state index contributed by atoms with van der Waals surface area (Å²) in [6, 6.07) is 0. The van der Waals surface area contributed by atoms with Gasteiger partial charge in [-0.1, -0.05) is 6.92 Å². The summed E-state index contributed by atoms with van der Waals surface area (Å²) in [6.07, 6.45) is -3.12. The Morgan fingerprint density at radius 1 is 1.46 bits per heavy atom. The highest BCUT2D eigenvalue weighted by Gasteiger charge is 2.36. The molecule has 5 heteroatoms. The molecule has 3 atom stereocenters. The van der Waals surface area contributed by atoms with Gasteiger partial charge in [-0.05, 0) is 13.3 Å². The van der Waals surface area contributed by atoms with Gasteiger partial charge < -0.3 is 20.4 Å². The van der Waals surface area contributed by atoms with Crippen molar-refractivity contribution < 1.29 is 25.2 Å². The lowest BCUT2D eigenvalue weighted by Gasteiger charge is -2.27. The van der Waals surface area contributed by atoms with Crippen LogP contribution in [-0.4, -0.2) is 50.6 Å². The Balaban J connectivity index is 4.42. The molecule has 0 aliphatic rings. The van der Waals surface area contributed by atoms with Crippen LogP contribution in [0.3, 0.4) is 0 Å². The maximum absolute atomic E-state index is 11.1. The minimum atomic E-state index is -1.67. The minimum absolute atomic E-state index is 0.179. The fourth-order valence-electron chi connectivity index (χ4n) is 0.772. The van der Waals surface area contributed by atoms with Gasteiger partial charge in [0.15, 0.2) is 5.78 Å². The molecule has 0 unspecified atom stereocenters. The van der Waals surface area contributed by atoms with Gasteiger partial charge in [0.1, 0.15) is 12.2 Å². The van der Waals surface area contributed by atoms with Crippen LogP contribution in [0.5, 0.6) is 0 Å². The number of rotatable bonds is 5. The van der Waals surface area contributed by atoms with Crippen molar-refractivity contribution in [2.45, 2.75) is 38.1 Å². The van der Waals surface area contributed by atoms with Crippen molar-refractivity contribution in [3.8, 4) is 0 Å². The van der Waals surface area contributed by atoms with Crippen molar-refractivity contribution >= 4 is 5.78 Å². The van der Waals surface area contributed by atoms with Crippen LogP contribution >= 0.6 is 0 Å². The number of carbonyl (C=O) groups excluding carboxylic acids is 1. The monoisotopic (exact) mass is 192 g/mol. The smallest absolute Gasteiger partial charge is 0.194 e. The summed E-state index contributed by atoms with van der Waals surface area (Å²) in [5.41, 5.74) is -1.56. The highest BCUT2D eigenvalue weighted by atomic mass is 16.4. The largest absolute Gasteiger partial charge is 0.393 e. The minimum Gasteiger partial charge on any atom is -0.393 e. The van der Waals surface area contributed by atoms with Gasteiger partial charge in [-0.15, -0.1) is 0 Å². The second-order valence-corrected chi connectivity index (χ2v) is 3.21. The molecule has 0 heterocycles. The van der Waals surface area contributed by atoms with Gasteiger partial charge in [0, 0.05) is 0 Å². The predicted octanol–water partition coefficient (Wildman–Crippen LogP) is -1.57. The number of hydrogen-bond donors (Lipinski definition) is 4. The normalized spacial score (nSPS) is 20.5. The molecule has 0 aromatic carbocycles. The second-order valence-electron chi connectivity index (χ2n) is 3.21. The van der Waals surface area contributed by atoms with Gasteiger partial charge in [-0.2, -0.15) is 0 Å². The quantitative estimate of drug-likeness (QED) is 0.422. The van der Waals surface area contributed by atoms with Crippen molar-refractivity contribution in [1.29, 1.82) is 0 Å². The lowest BCUT2D eigenvalue weighted by atomic mass is 9.91. The summed E-state index contributed by atoms with van der Waals surface area (Å²) in [6.45, 7) is 2.14. The van der Waals surface area contributed by atoms with Crippen LogP contribution in [-0.2, 0) is 4.79 Å². The molecule has 0 radical (unpaired) electrons. The molecule has 0 spiro atoms. The summed E-state index contributed by atoms with van der Waals surface area (Å²) in [7, 11) is 0. The van der Waals surface area contributed by atoms with Crippen LogP contribution < -0.4 is 0 Å². The van der Waals surface area contributed by atoms with Crippen molar-refractivity contribution in [1.82, 2.24) is 0 Å². The van der Waals surface area contributed by atoms with Gasteiger partial charge >= 0.3 is 0 Å². The first-order valence-corrected chi connectivity index (χ1v) is 4.10. The highest BCUT2D eigenvalue weighted by Crippen LogP contribution is 2.15. The topological polar surface area (TPSA) is 98.0 Å². The number of carbonyl (C=O) groups is 1. The van der Waals surface area contributed by atoms with Crippen LogP contribution in [0.1, 0.15) is 20.3 Å². The zero-order valence-corrected chi connectivity index (χ0v) is 7.77. The van der Waals surface area contributed by atoms with Crippen molar-refractivity contribution in [2.24, 2.45) is 0 Å². The van der Waals surface area contributed by atoms with E-state index in [1.807, 2.05) is 0 Å². The average molecular weight is 192 g/mol. The van der Waals surface area contributed by atoms with Gasteiger partial charge in [0.05, 0.1) is 12.2 Å². The summed E-state index contributed by atoms with van der Waals surface area (Å²) in [5, 5.41) is 36.0. The highest BCUT2D eigenvalue weighted by molar-refractivity contribution is 5.88. The SMILES string of the molecule is CC[C@](C)(O)[C@H](O)C(=O)[C@@H](O)CO. The number of hydrogen-bond acceptors (Lipinski definition) is 5. The van der Waals surface area contributed by atoms with Crippen molar-refractivity contribution in [3.63, 3.8) is 0 Å². The van der Waals surface area contributed by atoms with Gasteiger partial charge in [-0.3, -0.25) is 4.79 Å². The molecule has 4 N–H and O–H groups in total. The first-order chi connectivity index (χ1) is 5.86. The van der Waals surface area contributed by atoms with E-state index in [9.17, 15) is 15.0 Å². The van der Waals surface area contributed by atoms with Crippen LogP contribution in [0.15, 0.2) is 0 Å². The second kappa shape index (κ2) is 4.66. The summed E-state index contributed by atoms with van der Waals surface area (Å²) >= 11 is 0. The summed E-state index contributed by atoms with van der Waals surface area (Å²) < 4.78 is 0. The Kier molecular flexibility index (Phi) is 4.49. The van der Waals surface area contributed by atoms with Gasteiger partial charge in [0.25, 0.3) is 0 Å². The Morgan fingerprint density at radius 2 is 1.92 bits per heavy atom. The molecule has 0 bridgehead atoms. The molecular weight excluding hydrogens is 176 g/mol. The maximum Gasteiger partial charge on any atom is 0.194 e.